The minimum atomic E-state index is 0.150. The van der Waals surface area contributed by atoms with Crippen molar-refractivity contribution >= 4 is 15.9 Å². The molecule has 21 heavy (non-hydrogen) atoms. The van der Waals surface area contributed by atoms with Gasteiger partial charge in [0.1, 0.15) is 5.75 Å². The number of hydrogen-bond acceptors (Lipinski definition) is 4. The summed E-state index contributed by atoms with van der Waals surface area (Å²) in [4.78, 5) is 2.40. The number of benzene rings is 1. The van der Waals surface area contributed by atoms with Crippen molar-refractivity contribution in [1.29, 1.82) is 0 Å². The van der Waals surface area contributed by atoms with Gasteiger partial charge >= 0.3 is 0 Å². The summed E-state index contributed by atoms with van der Waals surface area (Å²) >= 11 is 3.50. The molecular weight excluding hydrogens is 334 g/mol. The molecule has 116 valence electrons. The summed E-state index contributed by atoms with van der Waals surface area (Å²) in [6.45, 7) is 6.23. The van der Waals surface area contributed by atoms with Crippen molar-refractivity contribution in [1.82, 2.24) is 4.90 Å². The summed E-state index contributed by atoms with van der Waals surface area (Å²) < 4.78 is 18.4. The van der Waals surface area contributed by atoms with Crippen LogP contribution in [0.3, 0.4) is 0 Å². The highest BCUT2D eigenvalue weighted by Gasteiger charge is 2.21. The second-order valence-corrected chi connectivity index (χ2v) is 6.40. The van der Waals surface area contributed by atoms with Crippen LogP contribution in [0.15, 0.2) is 22.7 Å². The van der Waals surface area contributed by atoms with Crippen LogP contribution in [0.5, 0.6) is 5.75 Å². The van der Waals surface area contributed by atoms with Crippen molar-refractivity contribution in [3.8, 4) is 5.75 Å². The molecule has 0 aliphatic carbocycles. The summed E-state index contributed by atoms with van der Waals surface area (Å²) in [5, 5.41) is 0. The lowest BCUT2D eigenvalue weighted by Gasteiger charge is -2.27. The van der Waals surface area contributed by atoms with Gasteiger partial charge in [-0.2, -0.15) is 0 Å². The van der Waals surface area contributed by atoms with Crippen LogP contribution < -0.4 is 4.74 Å². The molecule has 1 unspecified atom stereocenters. The molecule has 0 spiro atoms. The highest BCUT2D eigenvalue weighted by molar-refractivity contribution is 9.10. The number of rotatable bonds is 4. The van der Waals surface area contributed by atoms with Crippen molar-refractivity contribution in [2.45, 2.75) is 18.9 Å². The summed E-state index contributed by atoms with van der Waals surface area (Å²) in [6.07, 6.45) is 2.21. The number of fused-ring (bicyclic) bond motifs is 1. The van der Waals surface area contributed by atoms with E-state index in [0.29, 0.717) is 0 Å². The number of hydrogen-bond donors (Lipinski definition) is 0. The van der Waals surface area contributed by atoms with E-state index in [1.807, 2.05) is 6.07 Å². The van der Waals surface area contributed by atoms with Crippen molar-refractivity contribution < 1.29 is 14.2 Å². The van der Waals surface area contributed by atoms with Gasteiger partial charge in [-0.15, -0.1) is 0 Å². The molecule has 1 aromatic rings. The number of morpholine rings is 1. The molecule has 1 fully saturated rings. The zero-order valence-corrected chi connectivity index (χ0v) is 13.8. The lowest BCUT2D eigenvalue weighted by Crippen LogP contribution is -2.38. The molecule has 0 aromatic heterocycles. The number of ether oxygens (including phenoxy) is 3. The van der Waals surface area contributed by atoms with Gasteiger partial charge in [-0.3, -0.25) is 4.90 Å². The zero-order valence-electron chi connectivity index (χ0n) is 12.2. The zero-order chi connectivity index (χ0) is 14.5. The molecule has 0 amide bonds. The van der Waals surface area contributed by atoms with Crippen LogP contribution in [0.25, 0.3) is 0 Å². The third-order valence-electron chi connectivity index (χ3n) is 4.02. The first-order valence-corrected chi connectivity index (χ1v) is 8.46. The Balaban J connectivity index is 1.57. The van der Waals surface area contributed by atoms with Crippen LogP contribution in [0.1, 0.15) is 24.5 Å². The van der Waals surface area contributed by atoms with Crippen LogP contribution in [0.4, 0.5) is 0 Å². The van der Waals surface area contributed by atoms with Crippen LogP contribution in [-0.2, 0) is 9.47 Å². The van der Waals surface area contributed by atoms with Crippen molar-refractivity contribution in [2.75, 3.05) is 46.1 Å². The SMILES string of the molecule is Brc1ccc2c(c1)OCCCC2OCCN1CCOCC1. The maximum Gasteiger partial charge on any atom is 0.126 e. The first-order chi connectivity index (χ1) is 10.3. The highest BCUT2D eigenvalue weighted by Crippen LogP contribution is 2.35. The van der Waals surface area contributed by atoms with Gasteiger partial charge in [-0.1, -0.05) is 22.0 Å². The Kier molecular flexibility index (Phi) is 5.52. The molecule has 0 N–H and O–H groups in total. The molecule has 2 aliphatic heterocycles. The Hall–Kier alpha value is -0.620. The van der Waals surface area contributed by atoms with Crippen LogP contribution in [0.2, 0.25) is 0 Å². The van der Waals surface area contributed by atoms with E-state index in [9.17, 15) is 0 Å². The van der Waals surface area contributed by atoms with E-state index in [1.165, 1.54) is 5.56 Å². The molecule has 3 rings (SSSR count). The molecular formula is C16H22BrNO3. The Bertz CT molecular complexity index is 463. The van der Waals surface area contributed by atoms with Gasteiger partial charge in [0.2, 0.25) is 0 Å². The van der Waals surface area contributed by atoms with Crippen molar-refractivity contribution in [2.24, 2.45) is 0 Å². The topological polar surface area (TPSA) is 30.9 Å². The standard InChI is InChI=1S/C16H22BrNO3/c17-13-3-4-14-15(2-1-8-20-16(14)12-13)21-11-7-18-5-9-19-10-6-18/h3-4,12,15H,1-2,5-11H2. The van der Waals surface area contributed by atoms with E-state index < -0.39 is 0 Å². The minimum Gasteiger partial charge on any atom is -0.493 e. The fourth-order valence-electron chi connectivity index (χ4n) is 2.83. The van der Waals surface area contributed by atoms with E-state index in [1.54, 1.807) is 0 Å². The third-order valence-corrected chi connectivity index (χ3v) is 4.51. The monoisotopic (exact) mass is 355 g/mol. The Morgan fingerprint density at radius 1 is 1.24 bits per heavy atom. The minimum absolute atomic E-state index is 0.150. The number of halogens is 1. The molecule has 0 saturated carbocycles. The Morgan fingerprint density at radius 3 is 2.95 bits per heavy atom. The quantitative estimate of drug-likeness (QED) is 0.830. The van der Waals surface area contributed by atoms with Crippen LogP contribution in [0, 0.1) is 0 Å². The van der Waals surface area contributed by atoms with Gasteiger partial charge in [0, 0.05) is 29.7 Å². The number of nitrogens with zero attached hydrogens (tertiary/aromatic N) is 1. The Labute approximate surface area is 134 Å². The molecule has 2 heterocycles. The van der Waals surface area contributed by atoms with Gasteiger partial charge in [-0.25, -0.2) is 0 Å². The largest absolute Gasteiger partial charge is 0.493 e. The summed E-state index contributed by atoms with van der Waals surface area (Å²) in [7, 11) is 0. The summed E-state index contributed by atoms with van der Waals surface area (Å²) in [5.74, 6) is 0.957. The molecule has 1 atom stereocenters. The van der Waals surface area contributed by atoms with Gasteiger partial charge in [0.25, 0.3) is 0 Å². The average molecular weight is 356 g/mol. The molecule has 5 heteroatoms. The second kappa shape index (κ2) is 7.58. The second-order valence-electron chi connectivity index (χ2n) is 5.49. The lowest BCUT2D eigenvalue weighted by atomic mass is 10.1. The van der Waals surface area contributed by atoms with Crippen LogP contribution in [-0.4, -0.2) is 51.0 Å². The van der Waals surface area contributed by atoms with Gasteiger partial charge in [-0.05, 0) is 25.0 Å². The molecule has 2 aliphatic rings. The summed E-state index contributed by atoms with van der Waals surface area (Å²) in [5.41, 5.74) is 1.18. The lowest BCUT2D eigenvalue weighted by molar-refractivity contribution is -0.00103. The maximum absolute atomic E-state index is 6.15. The van der Waals surface area contributed by atoms with Gasteiger partial charge in [0.05, 0.1) is 32.5 Å². The van der Waals surface area contributed by atoms with Gasteiger partial charge in [0.15, 0.2) is 0 Å². The van der Waals surface area contributed by atoms with E-state index in [4.69, 9.17) is 14.2 Å². The predicted molar refractivity (Wildman–Crippen MR) is 84.8 cm³/mol. The third kappa shape index (κ3) is 4.19. The average Bonchev–Trinajstić information content (AvgIpc) is 2.70. The molecule has 0 radical (unpaired) electrons. The smallest absolute Gasteiger partial charge is 0.126 e. The Morgan fingerprint density at radius 2 is 2.10 bits per heavy atom. The van der Waals surface area contributed by atoms with Crippen molar-refractivity contribution in [3.05, 3.63) is 28.2 Å². The predicted octanol–water partition coefficient (Wildman–Crippen LogP) is 3.01. The summed E-state index contributed by atoms with van der Waals surface area (Å²) in [6, 6.07) is 6.22. The molecule has 1 saturated heterocycles. The first-order valence-electron chi connectivity index (χ1n) is 7.67. The van der Waals surface area contributed by atoms with E-state index >= 15 is 0 Å². The first kappa shape index (κ1) is 15.3. The van der Waals surface area contributed by atoms with E-state index in [-0.39, 0.29) is 6.10 Å². The molecule has 0 bridgehead atoms. The normalized spacial score (nSPS) is 23.2. The van der Waals surface area contributed by atoms with Crippen LogP contribution >= 0.6 is 15.9 Å². The van der Waals surface area contributed by atoms with Crippen molar-refractivity contribution in [3.63, 3.8) is 0 Å². The van der Waals surface area contributed by atoms with E-state index in [2.05, 4.69) is 33.0 Å². The maximum atomic E-state index is 6.15. The molecule has 4 nitrogen and oxygen atoms in total. The van der Waals surface area contributed by atoms with E-state index in [0.717, 1.165) is 69.1 Å². The highest BCUT2D eigenvalue weighted by atomic mass is 79.9. The fourth-order valence-corrected chi connectivity index (χ4v) is 3.17. The fraction of sp³-hybridized carbons (Fsp3) is 0.625. The van der Waals surface area contributed by atoms with Gasteiger partial charge < -0.3 is 14.2 Å². The molecule has 1 aromatic carbocycles.